The second kappa shape index (κ2) is 14.1. The predicted molar refractivity (Wildman–Crippen MR) is 111 cm³/mol. The Morgan fingerprint density at radius 2 is 1.65 bits per heavy atom. The molecule has 0 atom stereocenters. The first-order valence-electron chi connectivity index (χ1n) is 9.32. The molecule has 1 rings (SSSR count). The van der Waals surface area contributed by atoms with Crippen molar-refractivity contribution in [1.29, 1.82) is 0 Å². The van der Waals surface area contributed by atoms with Crippen molar-refractivity contribution < 1.29 is 0 Å². The zero-order chi connectivity index (χ0) is 16.8. The van der Waals surface area contributed by atoms with Crippen LogP contribution in [0.1, 0.15) is 78.1 Å². The van der Waals surface area contributed by atoms with E-state index >= 15 is 0 Å². The largest absolute Gasteiger partial charge is 0.387 e. The molecule has 0 unspecified atom stereocenters. The van der Waals surface area contributed by atoms with Gasteiger partial charge in [-0.3, -0.25) is 0 Å². The normalized spacial score (nSPS) is 25.3. The Bertz CT molecular complexity index is 392. The minimum atomic E-state index is 0.960. The van der Waals surface area contributed by atoms with Crippen LogP contribution < -0.4 is 5.32 Å². The van der Waals surface area contributed by atoms with Crippen LogP contribution in [0.4, 0.5) is 0 Å². The lowest BCUT2D eigenvalue weighted by Crippen LogP contribution is -2.15. The molecule has 1 aliphatic rings. The molecule has 0 radical (unpaired) electrons. The quantitative estimate of drug-likeness (QED) is 0.500. The molecule has 1 N–H and O–H groups in total. The van der Waals surface area contributed by atoms with Gasteiger partial charge in [-0.1, -0.05) is 63.2 Å². The van der Waals surface area contributed by atoms with Crippen LogP contribution in [0, 0.1) is 0 Å². The Labute approximate surface area is 153 Å². The number of hydrogen-bond donors (Lipinski definition) is 2. The average Bonchev–Trinajstić information content (AvgIpc) is 2.53. The number of rotatable bonds is 1. The fourth-order valence-corrected chi connectivity index (χ4v) is 3.97. The summed E-state index contributed by atoms with van der Waals surface area (Å²) in [6.45, 7) is 5.26. The minimum absolute atomic E-state index is 0.960. The van der Waals surface area contributed by atoms with Gasteiger partial charge in [0.1, 0.15) is 0 Å². The molecule has 0 aromatic heterocycles. The molecule has 0 aliphatic carbocycles. The SMILES string of the molecule is C/C=C/C1=C/C/C(=C(\C)S)NCCCCCCCCCCCS1. The zero-order valence-corrected chi connectivity index (χ0v) is 16.8. The molecule has 1 aliphatic heterocycles. The predicted octanol–water partition coefficient (Wildman–Crippen LogP) is 6.85. The first kappa shape index (κ1) is 20.8. The Balaban J connectivity index is 2.62. The summed E-state index contributed by atoms with van der Waals surface area (Å²) in [6.07, 6.45) is 20.1. The summed E-state index contributed by atoms with van der Waals surface area (Å²) in [5, 5.41) is 3.60. The lowest BCUT2D eigenvalue weighted by Gasteiger charge is -2.12. The van der Waals surface area contributed by atoms with E-state index in [0.29, 0.717) is 0 Å². The molecule has 0 aromatic rings. The Hall–Kier alpha value is -0.280. The highest BCUT2D eigenvalue weighted by Gasteiger charge is 2.02. The topological polar surface area (TPSA) is 12.0 Å². The first-order chi connectivity index (χ1) is 11.2. The maximum absolute atomic E-state index is 4.56. The van der Waals surface area contributed by atoms with Crippen molar-refractivity contribution in [3.05, 3.63) is 33.7 Å². The average molecular weight is 354 g/mol. The third-order valence-corrected chi connectivity index (χ3v) is 5.60. The summed E-state index contributed by atoms with van der Waals surface area (Å²) in [4.78, 5) is 2.51. The van der Waals surface area contributed by atoms with E-state index in [2.05, 4.69) is 50.0 Å². The van der Waals surface area contributed by atoms with Crippen LogP contribution in [0.25, 0.3) is 0 Å². The van der Waals surface area contributed by atoms with Gasteiger partial charge in [0.2, 0.25) is 0 Å². The molecular weight excluding hydrogens is 318 g/mol. The molecule has 0 spiro atoms. The van der Waals surface area contributed by atoms with Gasteiger partial charge in [-0.2, -0.15) is 0 Å². The first-order valence-corrected chi connectivity index (χ1v) is 10.8. The molecule has 0 bridgehead atoms. The molecule has 0 saturated heterocycles. The van der Waals surface area contributed by atoms with Crippen LogP contribution >= 0.6 is 24.4 Å². The Morgan fingerprint density at radius 1 is 1.04 bits per heavy atom. The number of nitrogens with one attached hydrogen (secondary N) is 1. The zero-order valence-electron chi connectivity index (χ0n) is 15.1. The van der Waals surface area contributed by atoms with Gasteiger partial charge in [-0.25, -0.2) is 0 Å². The van der Waals surface area contributed by atoms with E-state index in [-0.39, 0.29) is 0 Å². The van der Waals surface area contributed by atoms with E-state index in [9.17, 15) is 0 Å². The molecular formula is C20H35NS2. The van der Waals surface area contributed by atoms with Crippen molar-refractivity contribution in [2.75, 3.05) is 12.3 Å². The molecule has 23 heavy (non-hydrogen) atoms. The monoisotopic (exact) mass is 353 g/mol. The van der Waals surface area contributed by atoms with Crippen molar-refractivity contribution in [3.8, 4) is 0 Å². The Kier molecular flexibility index (Phi) is 12.7. The maximum atomic E-state index is 4.56. The molecule has 1 heterocycles. The molecule has 0 fully saturated rings. The maximum Gasteiger partial charge on any atom is 0.0236 e. The molecule has 0 aromatic carbocycles. The van der Waals surface area contributed by atoms with Crippen LogP contribution in [-0.2, 0) is 0 Å². The molecule has 0 amide bonds. The van der Waals surface area contributed by atoms with Gasteiger partial charge in [0.05, 0.1) is 0 Å². The van der Waals surface area contributed by atoms with Gasteiger partial charge in [0, 0.05) is 23.6 Å². The molecule has 1 nitrogen and oxygen atoms in total. The third-order valence-electron chi connectivity index (χ3n) is 4.20. The van der Waals surface area contributed by atoms with Gasteiger partial charge >= 0.3 is 0 Å². The highest BCUT2D eigenvalue weighted by molar-refractivity contribution is 8.03. The molecule has 0 saturated carbocycles. The number of hydrogen-bond acceptors (Lipinski definition) is 3. The number of allylic oxidation sites excluding steroid dienone is 4. The van der Waals surface area contributed by atoms with Crippen LogP contribution in [0.15, 0.2) is 33.7 Å². The van der Waals surface area contributed by atoms with Crippen molar-refractivity contribution in [2.24, 2.45) is 0 Å². The molecule has 132 valence electrons. The standard InChI is InChI=1S/C20H35NS2/c1-3-13-19-14-15-20(18(2)22)21-16-11-9-7-5-4-6-8-10-12-17-23-19/h3,13-14,21-22H,4-12,15-17H2,1-2H3/b13-3+,19-14-,20-18-. The summed E-state index contributed by atoms with van der Waals surface area (Å²) in [6, 6.07) is 0. The molecule has 3 heteroatoms. The summed E-state index contributed by atoms with van der Waals surface area (Å²) in [5.74, 6) is 1.24. The van der Waals surface area contributed by atoms with E-state index in [1.54, 1.807) is 0 Å². The number of thioether (sulfide) groups is 1. The van der Waals surface area contributed by atoms with Gasteiger partial charge in [0.25, 0.3) is 0 Å². The summed E-state index contributed by atoms with van der Waals surface area (Å²) < 4.78 is 0. The summed E-state index contributed by atoms with van der Waals surface area (Å²) in [5.41, 5.74) is 1.28. The fourth-order valence-electron chi connectivity index (χ4n) is 2.78. The fraction of sp³-hybridized carbons (Fsp3) is 0.700. The van der Waals surface area contributed by atoms with Crippen molar-refractivity contribution in [2.45, 2.75) is 78.1 Å². The number of thiol groups is 1. The van der Waals surface area contributed by atoms with E-state index in [1.807, 2.05) is 11.8 Å². The van der Waals surface area contributed by atoms with E-state index in [1.165, 1.54) is 74.1 Å². The smallest absolute Gasteiger partial charge is 0.0236 e. The third kappa shape index (κ3) is 11.0. The summed E-state index contributed by atoms with van der Waals surface area (Å²) >= 11 is 6.56. The van der Waals surface area contributed by atoms with Gasteiger partial charge in [-0.05, 0) is 37.3 Å². The van der Waals surface area contributed by atoms with Gasteiger partial charge < -0.3 is 5.32 Å². The van der Waals surface area contributed by atoms with Crippen molar-refractivity contribution in [1.82, 2.24) is 5.32 Å². The van der Waals surface area contributed by atoms with Gasteiger partial charge in [0.15, 0.2) is 0 Å². The van der Waals surface area contributed by atoms with Crippen LogP contribution in [0.3, 0.4) is 0 Å². The highest BCUT2D eigenvalue weighted by atomic mass is 32.2. The minimum Gasteiger partial charge on any atom is -0.387 e. The Morgan fingerprint density at radius 3 is 2.26 bits per heavy atom. The lowest BCUT2D eigenvalue weighted by atomic mass is 10.1. The van der Waals surface area contributed by atoms with Crippen LogP contribution in [0.5, 0.6) is 0 Å². The lowest BCUT2D eigenvalue weighted by molar-refractivity contribution is 0.559. The second-order valence-electron chi connectivity index (χ2n) is 6.33. The second-order valence-corrected chi connectivity index (χ2v) is 8.17. The van der Waals surface area contributed by atoms with Crippen LogP contribution in [-0.4, -0.2) is 12.3 Å². The highest BCUT2D eigenvalue weighted by Crippen LogP contribution is 2.22. The van der Waals surface area contributed by atoms with Crippen LogP contribution in [0.2, 0.25) is 0 Å². The van der Waals surface area contributed by atoms with Crippen molar-refractivity contribution >= 4 is 24.4 Å². The van der Waals surface area contributed by atoms with Gasteiger partial charge in [-0.15, -0.1) is 24.4 Å². The van der Waals surface area contributed by atoms with E-state index < -0.39 is 0 Å². The van der Waals surface area contributed by atoms with Crippen molar-refractivity contribution in [3.63, 3.8) is 0 Å². The summed E-state index contributed by atoms with van der Waals surface area (Å²) in [7, 11) is 0. The van der Waals surface area contributed by atoms with E-state index in [0.717, 1.165) is 17.9 Å². The van der Waals surface area contributed by atoms with E-state index in [4.69, 9.17) is 0 Å².